The Kier molecular flexibility index (Phi) is 9.94. The third-order valence-electron chi connectivity index (χ3n) is 3.11. The maximum absolute atomic E-state index is 11.1. The molecule has 5 nitrogen and oxygen atoms in total. The molecule has 0 aliphatic carbocycles. The van der Waals surface area contributed by atoms with Crippen molar-refractivity contribution in [2.24, 2.45) is 10.7 Å². The number of carboxylic acids is 1. The van der Waals surface area contributed by atoms with Crippen LogP contribution in [0.1, 0.15) is 58.3 Å². The van der Waals surface area contributed by atoms with Crippen molar-refractivity contribution in [3.63, 3.8) is 0 Å². The van der Waals surface area contributed by atoms with Crippen LogP contribution in [-0.2, 0) is 4.79 Å². The molecule has 0 rings (SSSR count). The molecule has 0 saturated heterocycles. The second kappa shape index (κ2) is 10.6. The zero-order chi connectivity index (χ0) is 14.7. The lowest BCUT2D eigenvalue weighted by molar-refractivity contribution is -0.138. The first kappa shape index (κ1) is 17.7. The highest BCUT2D eigenvalue weighted by Gasteiger charge is 2.16. The average Bonchev–Trinajstić information content (AvgIpc) is 2.35. The number of guanidine groups is 1. The van der Waals surface area contributed by atoms with Gasteiger partial charge in [0, 0.05) is 14.1 Å². The molecule has 0 amide bonds. The predicted octanol–water partition coefficient (Wildman–Crippen LogP) is 2.46. The summed E-state index contributed by atoms with van der Waals surface area (Å²) in [5, 5.41) is 9.10. The molecule has 1 atom stereocenters. The zero-order valence-electron chi connectivity index (χ0n) is 12.6. The molecule has 0 aliphatic heterocycles. The van der Waals surface area contributed by atoms with E-state index in [1.54, 1.807) is 19.0 Å². The molecule has 0 radical (unpaired) electrons. The van der Waals surface area contributed by atoms with Crippen molar-refractivity contribution in [1.29, 1.82) is 0 Å². The molecule has 0 saturated carbocycles. The number of carboxylic acid groups (broad SMARTS) is 1. The van der Waals surface area contributed by atoms with E-state index in [2.05, 4.69) is 11.9 Å². The number of carbonyl (C=O) groups is 1. The first-order valence-corrected chi connectivity index (χ1v) is 7.22. The van der Waals surface area contributed by atoms with Gasteiger partial charge in [0.15, 0.2) is 12.0 Å². The molecule has 1 unspecified atom stereocenters. The van der Waals surface area contributed by atoms with Crippen molar-refractivity contribution in [2.45, 2.75) is 64.3 Å². The molecule has 3 N–H and O–H groups in total. The van der Waals surface area contributed by atoms with Gasteiger partial charge < -0.3 is 15.7 Å². The fraction of sp³-hybridized carbons (Fsp3) is 0.857. The molecule has 0 heterocycles. The quantitative estimate of drug-likeness (QED) is 0.363. The van der Waals surface area contributed by atoms with Gasteiger partial charge in [0.05, 0.1) is 0 Å². The van der Waals surface area contributed by atoms with Gasteiger partial charge in [0.2, 0.25) is 0 Å². The molecule has 0 aromatic rings. The fourth-order valence-corrected chi connectivity index (χ4v) is 1.81. The smallest absolute Gasteiger partial charge is 0.328 e. The molecular weight excluding hydrogens is 242 g/mol. The SMILES string of the molecule is CCCCCCCCCC(N=C(N)N(C)C)C(=O)O. The van der Waals surface area contributed by atoms with E-state index in [0.717, 1.165) is 12.8 Å². The average molecular weight is 271 g/mol. The Morgan fingerprint density at radius 1 is 1.16 bits per heavy atom. The van der Waals surface area contributed by atoms with Crippen LogP contribution in [0.5, 0.6) is 0 Å². The summed E-state index contributed by atoms with van der Waals surface area (Å²) in [5.74, 6) is -0.619. The van der Waals surface area contributed by atoms with Crippen LogP contribution < -0.4 is 5.73 Å². The number of aliphatic imine (C=N–C) groups is 1. The molecule has 0 aromatic heterocycles. The van der Waals surface area contributed by atoms with Gasteiger partial charge in [-0.15, -0.1) is 0 Å². The summed E-state index contributed by atoms with van der Waals surface area (Å²) in [6.45, 7) is 2.20. The van der Waals surface area contributed by atoms with Crippen LogP contribution in [0.3, 0.4) is 0 Å². The zero-order valence-corrected chi connectivity index (χ0v) is 12.6. The molecule has 0 aromatic carbocycles. The number of hydrogen-bond donors (Lipinski definition) is 2. The monoisotopic (exact) mass is 271 g/mol. The highest BCUT2D eigenvalue weighted by Crippen LogP contribution is 2.11. The second-order valence-corrected chi connectivity index (χ2v) is 5.15. The van der Waals surface area contributed by atoms with Gasteiger partial charge in [-0.1, -0.05) is 51.9 Å². The summed E-state index contributed by atoms with van der Waals surface area (Å²) in [4.78, 5) is 16.8. The van der Waals surface area contributed by atoms with Crippen LogP contribution in [-0.4, -0.2) is 42.1 Å². The van der Waals surface area contributed by atoms with Gasteiger partial charge in [-0.3, -0.25) is 0 Å². The minimum Gasteiger partial charge on any atom is -0.480 e. The van der Waals surface area contributed by atoms with Gasteiger partial charge in [0.1, 0.15) is 0 Å². The van der Waals surface area contributed by atoms with Crippen LogP contribution in [0, 0.1) is 0 Å². The molecule has 0 bridgehead atoms. The van der Waals surface area contributed by atoms with E-state index in [4.69, 9.17) is 10.8 Å². The molecule has 0 spiro atoms. The number of hydrogen-bond acceptors (Lipinski definition) is 2. The first-order valence-electron chi connectivity index (χ1n) is 7.22. The molecule has 19 heavy (non-hydrogen) atoms. The van der Waals surface area contributed by atoms with Gasteiger partial charge in [-0.2, -0.15) is 0 Å². The summed E-state index contributed by atoms with van der Waals surface area (Å²) in [6, 6.07) is -0.710. The number of nitrogens with zero attached hydrogens (tertiary/aromatic N) is 2. The second-order valence-electron chi connectivity index (χ2n) is 5.15. The van der Waals surface area contributed by atoms with Crippen molar-refractivity contribution in [1.82, 2.24) is 4.90 Å². The lowest BCUT2D eigenvalue weighted by Crippen LogP contribution is -2.33. The Hall–Kier alpha value is -1.26. The Balaban J connectivity index is 3.91. The van der Waals surface area contributed by atoms with Crippen LogP contribution in [0.15, 0.2) is 4.99 Å². The normalized spacial score (nSPS) is 13.3. The molecular formula is C14H29N3O2. The highest BCUT2D eigenvalue weighted by atomic mass is 16.4. The van der Waals surface area contributed by atoms with E-state index in [1.807, 2.05) is 0 Å². The van der Waals surface area contributed by atoms with Crippen molar-refractivity contribution < 1.29 is 9.90 Å². The Morgan fingerprint density at radius 3 is 2.16 bits per heavy atom. The van der Waals surface area contributed by atoms with Crippen molar-refractivity contribution >= 4 is 11.9 Å². The van der Waals surface area contributed by atoms with Crippen molar-refractivity contribution in [3.05, 3.63) is 0 Å². The summed E-state index contributed by atoms with van der Waals surface area (Å²) >= 11 is 0. The number of aliphatic carboxylic acids is 1. The van der Waals surface area contributed by atoms with Crippen LogP contribution >= 0.6 is 0 Å². The van der Waals surface area contributed by atoms with E-state index in [-0.39, 0.29) is 5.96 Å². The third-order valence-corrected chi connectivity index (χ3v) is 3.11. The fourth-order valence-electron chi connectivity index (χ4n) is 1.81. The van der Waals surface area contributed by atoms with E-state index < -0.39 is 12.0 Å². The predicted molar refractivity (Wildman–Crippen MR) is 79.3 cm³/mol. The standard InChI is InChI=1S/C14H29N3O2/c1-4-5-6-7-8-9-10-11-12(13(18)19)16-14(15)17(2)3/h12H,4-11H2,1-3H3,(H2,15,16)(H,18,19). The molecule has 0 fully saturated rings. The first-order chi connectivity index (χ1) is 8.99. The Bertz CT molecular complexity index is 278. The van der Waals surface area contributed by atoms with E-state index in [0.29, 0.717) is 6.42 Å². The molecule has 5 heteroatoms. The molecule has 0 aliphatic rings. The summed E-state index contributed by atoms with van der Waals surface area (Å²) in [7, 11) is 3.51. The van der Waals surface area contributed by atoms with Gasteiger partial charge >= 0.3 is 5.97 Å². The van der Waals surface area contributed by atoms with Crippen LogP contribution in [0.25, 0.3) is 0 Å². The number of nitrogens with two attached hydrogens (primary N) is 1. The third kappa shape index (κ3) is 9.33. The minimum atomic E-state index is -0.893. The summed E-state index contributed by atoms with van der Waals surface area (Å²) in [6.07, 6.45) is 8.79. The van der Waals surface area contributed by atoms with Crippen molar-refractivity contribution in [3.8, 4) is 0 Å². The van der Waals surface area contributed by atoms with Crippen LogP contribution in [0.4, 0.5) is 0 Å². The lowest BCUT2D eigenvalue weighted by atomic mass is 10.1. The van der Waals surface area contributed by atoms with Crippen molar-refractivity contribution in [2.75, 3.05) is 14.1 Å². The van der Waals surface area contributed by atoms with Gasteiger partial charge in [0.25, 0.3) is 0 Å². The van der Waals surface area contributed by atoms with E-state index in [1.165, 1.54) is 32.1 Å². The topological polar surface area (TPSA) is 78.9 Å². The minimum absolute atomic E-state index is 0.273. The largest absolute Gasteiger partial charge is 0.480 e. The van der Waals surface area contributed by atoms with Crippen LogP contribution in [0.2, 0.25) is 0 Å². The highest BCUT2D eigenvalue weighted by molar-refractivity contribution is 5.82. The lowest BCUT2D eigenvalue weighted by Gasteiger charge is -2.14. The molecule has 112 valence electrons. The summed E-state index contributed by atoms with van der Waals surface area (Å²) < 4.78 is 0. The van der Waals surface area contributed by atoms with Gasteiger partial charge in [-0.05, 0) is 6.42 Å². The maximum atomic E-state index is 11.1. The summed E-state index contributed by atoms with van der Waals surface area (Å²) in [5.41, 5.74) is 5.65. The maximum Gasteiger partial charge on any atom is 0.328 e. The number of rotatable bonds is 10. The van der Waals surface area contributed by atoms with E-state index >= 15 is 0 Å². The number of unbranched alkanes of at least 4 members (excludes halogenated alkanes) is 6. The van der Waals surface area contributed by atoms with Gasteiger partial charge in [-0.25, -0.2) is 9.79 Å². The Morgan fingerprint density at radius 2 is 1.68 bits per heavy atom. The van der Waals surface area contributed by atoms with E-state index in [9.17, 15) is 4.79 Å². The Labute approximate surface area is 116 Å².